The number of hydrogen-bond acceptors (Lipinski definition) is 3. The fraction of sp³-hybridized carbons (Fsp3) is 0.438. The van der Waals surface area contributed by atoms with Crippen molar-refractivity contribution >= 4 is 23.6 Å². The van der Waals surface area contributed by atoms with Crippen molar-refractivity contribution in [1.29, 1.82) is 0 Å². The summed E-state index contributed by atoms with van der Waals surface area (Å²) in [4.78, 5) is 34.5. The molecule has 23 heavy (non-hydrogen) atoms. The summed E-state index contributed by atoms with van der Waals surface area (Å²) < 4.78 is 0. The molecular formula is C16H23N3O4. The maximum Gasteiger partial charge on any atom is 0.319 e. The number of aliphatic carboxylic acids is 1. The van der Waals surface area contributed by atoms with Gasteiger partial charge in [-0.05, 0) is 39.3 Å². The van der Waals surface area contributed by atoms with E-state index >= 15 is 0 Å². The van der Waals surface area contributed by atoms with Crippen molar-refractivity contribution in [2.24, 2.45) is 0 Å². The first-order chi connectivity index (χ1) is 10.7. The molecular weight excluding hydrogens is 298 g/mol. The van der Waals surface area contributed by atoms with Crippen molar-refractivity contribution in [3.05, 3.63) is 29.8 Å². The largest absolute Gasteiger partial charge is 0.481 e. The lowest BCUT2D eigenvalue weighted by Crippen LogP contribution is -2.41. The van der Waals surface area contributed by atoms with E-state index in [9.17, 15) is 14.4 Å². The topological polar surface area (TPSA) is 108 Å². The van der Waals surface area contributed by atoms with Gasteiger partial charge < -0.3 is 21.1 Å². The van der Waals surface area contributed by atoms with Crippen LogP contribution in [0, 0.1) is 0 Å². The smallest absolute Gasteiger partial charge is 0.319 e. The zero-order valence-electron chi connectivity index (χ0n) is 13.6. The average Bonchev–Trinajstić information content (AvgIpc) is 2.42. The van der Waals surface area contributed by atoms with Gasteiger partial charge >= 0.3 is 12.0 Å². The molecule has 7 heteroatoms. The number of urea groups is 1. The van der Waals surface area contributed by atoms with Gasteiger partial charge in [0.1, 0.15) is 0 Å². The van der Waals surface area contributed by atoms with Gasteiger partial charge in [-0.3, -0.25) is 9.59 Å². The second kappa shape index (κ2) is 8.17. The molecule has 0 spiro atoms. The van der Waals surface area contributed by atoms with Gasteiger partial charge in [-0.25, -0.2) is 4.79 Å². The van der Waals surface area contributed by atoms with E-state index in [1.54, 1.807) is 24.3 Å². The third-order valence-corrected chi connectivity index (χ3v) is 2.76. The second-order valence-corrected chi connectivity index (χ2v) is 6.13. The van der Waals surface area contributed by atoms with Crippen molar-refractivity contribution < 1.29 is 19.5 Å². The number of carboxylic acid groups (broad SMARTS) is 1. The van der Waals surface area contributed by atoms with Crippen LogP contribution in [-0.4, -0.2) is 35.1 Å². The molecule has 0 saturated carbocycles. The van der Waals surface area contributed by atoms with Gasteiger partial charge in [-0.15, -0.1) is 0 Å². The molecule has 0 saturated heterocycles. The minimum Gasteiger partial charge on any atom is -0.481 e. The zero-order chi connectivity index (χ0) is 17.5. The molecule has 0 atom stereocenters. The summed E-state index contributed by atoms with van der Waals surface area (Å²) in [7, 11) is 0. The number of hydrogen-bond donors (Lipinski definition) is 4. The van der Waals surface area contributed by atoms with Crippen LogP contribution in [0.5, 0.6) is 0 Å². The normalized spacial score (nSPS) is 10.7. The van der Waals surface area contributed by atoms with E-state index in [1.165, 1.54) is 0 Å². The van der Waals surface area contributed by atoms with Crippen LogP contribution in [0.3, 0.4) is 0 Å². The number of benzene rings is 1. The van der Waals surface area contributed by atoms with E-state index in [0.717, 1.165) is 0 Å². The molecule has 1 rings (SSSR count). The van der Waals surface area contributed by atoms with Crippen molar-refractivity contribution in [3.63, 3.8) is 0 Å². The van der Waals surface area contributed by atoms with E-state index in [-0.39, 0.29) is 24.4 Å². The van der Waals surface area contributed by atoms with Crippen molar-refractivity contribution in [3.8, 4) is 0 Å². The summed E-state index contributed by atoms with van der Waals surface area (Å²) in [6.07, 6.45) is 0.333. The Morgan fingerprint density at radius 2 is 1.78 bits per heavy atom. The van der Waals surface area contributed by atoms with Gasteiger partial charge in [0.05, 0.1) is 11.3 Å². The zero-order valence-corrected chi connectivity index (χ0v) is 13.6. The Morgan fingerprint density at radius 3 is 2.39 bits per heavy atom. The summed E-state index contributed by atoms with van der Waals surface area (Å²) in [5.41, 5.74) is 0.372. The van der Waals surface area contributed by atoms with E-state index in [0.29, 0.717) is 17.7 Å². The minimum atomic E-state index is -0.906. The van der Waals surface area contributed by atoms with Crippen molar-refractivity contribution in [1.82, 2.24) is 10.6 Å². The Morgan fingerprint density at radius 1 is 1.13 bits per heavy atom. The van der Waals surface area contributed by atoms with Crippen LogP contribution >= 0.6 is 0 Å². The molecule has 1 aromatic carbocycles. The molecule has 3 amide bonds. The Balaban J connectivity index is 2.65. The molecule has 7 nitrogen and oxygen atoms in total. The summed E-state index contributed by atoms with van der Waals surface area (Å²) in [5, 5.41) is 16.5. The van der Waals surface area contributed by atoms with Crippen LogP contribution in [-0.2, 0) is 4.79 Å². The van der Waals surface area contributed by atoms with E-state index in [2.05, 4.69) is 16.0 Å². The van der Waals surface area contributed by atoms with E-state index in [1.807, 2.05) is 20.8 Å². The average molecular weight is 321 g/mol. The number of para-hydroxylation sites is 1. The lowest BCUT2D eigenvalue weighted by atomic mass is 10.1. The van der Waals surface area contributed by atoms with Crippen LogP contribution in [0.15, 0.2) is 24.3 Å². The van der Waals surface area contributed by atoms with Gasteiger partial charge in [0.25, 0.3) is 5.91 Å². The lowest BCUT2D eigenvalue weighted by molar-refractivity contribution is -0.137. The van der Waals surface area contributed by atoms with Crippen LogP contribution in [0.4, 0.5) is 10.5 Å². The molecule has 126 valence electrons. The maximum absolute atomic E-state index is 12.2. The van der Waals surface area contributed by atoms with E-state index < -0.39 is 12.0 Å². The number of carbonyl (C=O) groups is 3. The highest BCUT2D eigenvalue weighted by Crippen LogP contribution is 2.16. The number of rotatable bonds is 6. The molecule has 0 aliphatic carbocycles. The Hall–Kier alpha value is -2.57. The summed E-state index contributed by atoms with van der Waals surface area (Å²) in [6.45, 7) is 5.86. The van der Waals surface area contributed by atoms with Gasteiger partial charge in [-0.1, -0.05) is 12.1 Å². The predicted octanol–water partition coefficient (Wildman–Crippen LogP) is 2.20. The van der Waals surface area contributed by atoms with Crippen LogP contribution in [0.25, 0.3) is 0 Å². The predicted molar refractivity (Wildman–Crippen MR) is 87.6 cm³/mol. The number of carbonyl (C=O) groups excluding carboxylic acids is 2. The number of anilines is 1. The van der Waals surface area contributed by atoms with Crippen LogP contribution in [0.2, 0.25) is 0 Å². The number of nitrogens with one attached hydrogen (secondary N) is 3. The fourth-order valence-corrected chi connectivity index (χ4v) is 1.81. The van der Waals surface area contributed by atoms with Gasteiger partial charge in [0, 0.05) is 18.5 Å². The molecule has 0 radical (unpaired) electrons. The Bertz CT molecular complexity index is 579. The number of amides is 3. The monoisotopic (exact) mass is 321 g/mol. The van der Waals surface area contributed by atoms with Gasteiger partial charge in [0.15, 0.2) is 0 Å². The van der Waals surface area contributed by atoms with Crippen LogP contribution < -0.4 is 16.0 Å². The quantitative estimate of drug-likeness (QED) is 0.602. The van der Waals surface area contributed by atoms with Gasteiger partial charge in [0.2, 0.25) is 0 Å². The molecule has 0 fully saturated rings. The summed E-state index contributed by atoms with van der Waals surface area (Å²) in [6, 6.07) is 6.21. The highest BCUT2D eigenvalue weighted by Gasteiger charge is 2.18. The Labute approximate surface area is 135 Å². The summed E-state index contributed by atoms with van der Waals surface area (Å²) in [5.74, 6) is -1.18. The molecule has 0 aliphatic rings. The fourth-order valence-electron chi connectivity index (χ4n) is 1.81. The standard InChI is InChI=1S/C16H23N3O4/c1-16(2,3)19-14(22)11-7-4-5-8-12(11)18-15(23)17-10-6-9-13(20)21/h4-5,7-8H,6,9-10H2,1-3H3,(H,19,22)(H,20,21)(H2,17,18,23). The molecule has 0 aliphatic heterocycles. The maximum atomic E-state index is 12.2. The highest BCUT2D eigenvalue weighted by molar-refractivity contribution is 6.03. The first kappa shape index (κ1) is 18.5. The van der Waals surface area contributed by atoms with Crippen molar-refractivity contribution in [2.75, 3.05) is 11.9 Å². The molecule has 4 N–H and O–H groups in total. The highest BCUT2D eigenvalue weighted by atomic mass is 16.4. The summed E-state index contributed by atoms with van der Waals surface area (Å²) >= 11 is 0. The first-order valence-corrected chi connectivity index (χ1v) is 7.37. The lowest BCUT2D eigenvalue weighted by Gasteiger charge is -2.21. The third-order valence-electron chi connectivity index (χ3n) is 2.76. The molecule has 0 unspecified atom stereocenters. The molecule has 0 bridgehead atoms. The number of carboxylic acids is 1. The molecule has 0 aromatic heterocycles. The van der Waals surface area contributed by atoms with Gasteiger partial charge in [-0.2, -0.15) is 0 Å². The van der Waals surface area contributed by atoms with E-state index in [4.69, 9.17) is 5.11 Å². The minimum absolute atomic E-state index is 0.00907. The second-order valence-electron chi connectivity index (χ2n) is 6.13. The third kappa shape index (κ3) is 7.30. The SMILES string of the molecule is CC(C)(C)NC(=O)c1ccccc1NC(=O)NCCCC(=O)O. The molecule has 0 heterocycles. The van der Waals surface area contributed by atoms with Crippen LogP contribution in [0.1, 0.15) is 44.0 Å². The Kier molecular flexibility index (Phi) is 6.56. The van der Waals surface area contributed by atoms with Crippen molar-refractivity contribution in [2.45, 2.75) is 39.2 Å². The first-order valence-electron chi connectivity index (χ1n) is 7.37. The molecule has 1 aromatic rings.